The second-order valence-electron chi connectivity index (χ2n) is 4.03. The molecule has 1 unspecified atom stereocenters. The van der Waals surface area contributed by atoms with Gasteiger partial charge in [0.1, 0.15) is 0 Å². The predicted octanol–water partition coefficient (Wildman–Crippen LogP) is 2.37. The van der Waals surface area contributed by atoms with Crippen LogP contribution < -0.4 is 5.32 Å². The van der Waals surface area contributed by atoms with Crippen LogP contribution in [0.3, 0.4) is 0 Å². The Kier molecular flexibility index (Phi) is 4.80. The molecule has 4 heteroatoms. The molecular formula is C11H20BrN3. The smallest absolute Gasteiger partial charge is 0.0738 e. The van der Waals surface area contributed by atoms with Crippen molar-refractivity contribution in [2.75, 3.05) is 13.6 Å². The summed E-state index contributed by atoms with van der Waals surface area (Å²) in [4.78, 5) is 0. The normalized spacial score (nSPS) is 13.1. The molecule has 0 saturated carbocycles. The third-order valence-corrected chi connectivity index (χ3v) is 3.58. The van der Waals surface area contributed by atoms with Crippen LogP contribution in [-0.2, 0) is 13.0 Å². The summed E-state index contributed by atoms with van der Waals surface area (Å²) in [7, 11) is 1.99. The van der Waals surface area contributed by atoms with E-state index in [1.807, 2.05) is 14.0 Å². The molecule has 0 amide bonds. The van der Waals surface area contributed by atoms with Crippen LogP contribution >= 0.6 is 15.9 Å². The van der Waals surface area contributed by atoms with Crippen molar-refractivity contribution in [1.82, 2.24) is 15.1 Å². The molecule has 15 heavy (non-hydrogen) atoms. The van der Waals surface area contributed by atoms with Gasteiger partial charge in [-0.25, -0.2) is 0 Å². The fourth-order valence-corrected chi connectivity index (χ4v) is 2.26. The summed E-state index contributed by atoms with van der Waals surface area (Å²) in [5.74, 6) is 0.632. The molecule has 3 nitrogen and oxygen atoms in total. The maximum atomic E-state index is 4.49. The predicted molar refractivity (Wildman–Crippen MR) is 67.1 cm³/mol. The highest BCUT2D eigenvalue weighted by Crippen LogP contribution is 2.23. The van der Waals surface area contributed by atoms with E-state index in [-0.39, 0.29) is 0 Å². The van der Waals surface area contributed by atoms with Crippen molar-refractivity contribution in [3.05, 3.63) is 15.9 Å². The molecule has 86 valence electrons. The number of nitrogens with zero attached hydrogens (tertiary/aromatic N) is 2. The Morgan fingerprint density at radius 2 is 2.20 bits per heavy atom. The lowest BCUT2D eigenvalue weighted by atomic mass is 10.1. The molecule has 1 atom stereocenters. The number of halogens is 1. The summed E-state index contributed by atoms with van der Waals surface area (Å²) in [6.07, 6.45) is 1.07. The van der Waals surface area contributed by atoms with E-state index in [2.05, 4.69) is 44.9 Å². The average Bonchev–Trinajstić information content (AvgIpc) is 2.46. The fraction of sp³-hybridized carbons (Fsp3) is 0.727. The first-order chi connectivity index (χ1) is 7.10. The third-order valence-electron chi connectivity index (χ3n) is 2.55. The van der Waals surface area contributed by atoms with Gasteiger partial charge in [-0.15, -0.1) is 0 Å². The zero-order valence-corrected chi connectivity index (χ0v) is 11.6. The topological polar surface area (TPSA) is 29.9 Å². The second kappa shape index (κ2) is 5.66. The van der Waals surface area contributed by atoms with Gasteiger partial charge in [0.15, 0.2) is 0 Å². The van der Waals surface area contributed by atoms with E-state index in [9.17, 15) is 0 Å². The molecule has 0 aliphatic carbocycles. The molecule has 1 N–H and O–H groups in total. The Hall–Kier alpha value is -0.350. The summed E-state index contributed by atoms with van der Waals surface area (Å²) >= 11 is 3.62. The summed E-state index contributed by atoms with van der Waals surface area (Å²) in [5.41, 5.74) is 2.40. The van der Waals surface area contributed by atoms with E-state index in [0.29, 0.717) is 5.92 Å². The van der Waals surface area contributed by atoms with Crippen LogP contribution in [0.2, 0.25) is 0 Å². The Balaban J connectivity index is 2.82. The van der Waals surface area contributed by atoms with Crippen molar-refractivity contribution in [3.63, 3.8) is 0 Å². The van der Waals surface area contributed by atoms with E-state index < -0.39 is 0 Å². The van der Waals surface area contributed by atoms with Crippen LogP contribution in [0.15, 0.2) is 4.47 Å². The van der Waals surface area contributed by atoms with Crippen LogP contribution in [0.4, 0.5) is 0 Å². The van der Waals surface area contributed by atoms with Gasteiger partial charge in [-0.1, -0.05) is 6.92 Å². The van der Waals surface area contributed by atoms with Crippen molar-refractivity contribution in [3.8, 4) is 0 Å². The quantitative estimate of drug-likeness (QED) is 0.893. The molecule has 0 spiro atoms. The van der Waals surface area contributed by atoms with Gasteiger partial charge in [-0.3, -0.25) is 4.68 Å². The molecule has 0 radical (unpaired) electrons. The van der Waals surface area contributed by atoms with Crippen LogP contribution in [0.1, 0.15) is 25.2 Å². The second-order valence-corrected chi connectivity index (χ2v) is 4.82. The lowest BCUT2D eigenvalue weighted by Gasteiger charge is -2.12. The monoisotopic (exact) mass is 273 g/mol. The summed E-state index contributed by atoms with van der Waals surface area (Å²) in [5, 5.41) is 7.70. The maximum absolute atomic E-state index is 4.49. The number of aryl methyl sites for hydroxylation is 2. The Morgan fingerprint density at radius 1 is 1.53 bits per heavy atom. The highest BCUT2D eigenvalue weighted by Gasteiger charge is 2.14. The Bertz CT molecular complexity index is 320. The molecule has 1 rings (SSSR count). The molecule has 1 aromatic rings. The zero-order chi connectivity index (χ0) is 11.4. The van der Waals surface area contributed by atoms with Crippen molar-refractivity contribution in [2.24, 2.45) is 5.92 Å². The lowest BCUT2D eigenvalue weighted by molar-refractivity contribution is 0.506. The lowest BCUT2D eigenvalue weighted by Crippen LogP contribution is -2.19. The van der Waals surface area contributed by atoms with Crippen LogP contribution in [0.5, 0.6) is 0 Å². The molecule has 0 bridgehead atoms. The molecule has 0 aromatic carbocycles. The highest BCUT2D eigenvalue weighted by molar-refractivity contribution is 9.10. The van der Waals surface area contributed by atoms with Crippen molar-refractivity contribution < 1.29 is 0 Å². The summed E-state index contributed by atoms with van der Waals surface area (Å²) < 4.78 is 3.26. The summed E-state index contributed by atoms with van der Waals surface area (Å²) in [6.45, 7) is 8.41. The van der Waals surface area contributed by atoms with E-state index in [1.54, 1.807) is 0 Å². The van der Waals surface area contributed by atoms with Gasteiger partial charge in [0.25, 0.3) is 0 Å². The van der Waals surface area contributed by atoms with Gasteiger partial charge in [0, 0.05) is 6.54 Å². The molecule has 1 heterocycles. The van der Waals surface area contributed by atoms with Gasteiger partial charge in [-0.05, 0) is 55.7 Å². The van der Waals surface area contributed by atoms with E-state index in [1.165, 1.54) is 10.2 Å². The summed E-state index contributed by atoms with van der Waals surface area (Å²) in [6, 6.07) is 0. The molecule has 0 aliphatic rings. The van der Waals surface area contributed by atoms with Gasteiger partial charge in [0.2, 0.25) is 0 Å². The fourth-order valence-electron chi connectivity index (χ4n) is 1.81. The number of aromatic nitrogens is 2. The number of hydrogen-bond donors (Lipinski definition) is 1. The van der Waals surface area contributed by atoms with Crippen LogP contribution in [0, 0.1) is 12.8 Å². The van der Waals surface area contributed by atoms with E-state index in [4.69, 9.17) is 0 Å². The number of nitrogens with one attached hydrogen (secondary N) is 1. The standard InChI is InChI=1S/C11H20BrN3/c1-5-15-10(6-8(2)7-13-4)11(12)9(3)14-15/h8,13H,5-7H2,1-4H3. The SMILES string of the molecule is CCn1nc(C)c(Br)c1CC(C)CNC. The van der Waals surface area contributed by atoms with Crippen molar-refractivity contribution in [1.29, 1.82) is 0 Å². The van der Waals surface area contributed by atoms with Crippen molar-refractivity contribution in [2.45, 2.75) is 33.7 Å². The first-order valence-electron chi connectivity index (χ1n) is 5.46. The molecule has 0 aliphatic heterocycles. The van der Waals surface area contributed by atoms with Crippen LogP contribution in [-0.4, -0.2) is 23.4 Å². The Labute approximate surface area is 100 Å². The van der Waals surface area contributed by atoms with Gasteiger partial charge in [0.05, 0.1) is 15.9 Å². The number of rotatable bonds is 5. The van der Waals surface area contributed by atoms with Crippen molar-refractivity contribution >= 4 is 15.9 Å². The molecule has 0 fully saturated rings. The van der Waals surface area contributed by atoms with Gasteiger partial charge in [-0.2, -0.15) is 5.10 Å². The highest BCUT2D eigenvalue weighted by atomic mass is 79.9. The average molecular weight is 274 g/mol. The molecular weight excluding hydrogens is 254 g/mol. The zero-order valence-electron chi connectivity index (χ0n) is 9.97. The largest absolute Gasteiger partial charge is 0.319 e. The van der Waals surface area contributed by atoms with Gasteiger partial charge < -0.3 is 5.32 Å². The Morgan fingerprint density at radius 3 is 2.73 bits per heavy atom. The molecule has 0 saturated heterocycles. The van der Waals surface area contributed by atoms with E-state index >= 15 is 0 Å². The minimum absolute atomic E-state index is 0.632. The first-order valence-corrected chi connectivity index (χ1v) is 6.25. The molecule has 1 aromatic heterocycles. The first kappa shape index (κ1) is 12.7. The van der Waals surface area contributed by atoms with Gasteiger partial charge >= 0.3 is 0 Å². The number of hydrogen-bond acceptors (Lipinski definition) is 2. The van der Waals surface area contributed by atoms with Crippen LogP contribution in [0.25, 0.3) is 0 Å². The third kappa shape index (κ3) is 3.05. The minimum Gasteiger partial charge on any atom is -0.319 e. The van der Waals surface area contributed by atoms with E-state index in [0.717, 1.165) is 25.2 Å². The maximum Gasteiger partial charge on any atom is 0.0738 e. The minimum atomic E-state index is 0.632.